The minimum Gasteiger partial charge on any atom is -0.367 e. The SMILES string of the molecule is CC(Nc1ccc(C#N)cn1)[C@H]1CCNC[C@@H]1c1ccc(Cl)cc1. The van der Waals surface area contributed by atoms with Crippen molar-refractivity contribution in [3.8, 4) is 6.07 Å². The minimum atomic E-state index is 0.285. The number of hydrogen-bond acceptors (Lipinski definition) is 4. The maximum Gasteiger partial charge on any atom is 0.126 e. The van der Waals surface area contributed by atoms with Crippen LogP contribution in [0.3, 0.4) is 0 Å². The van der Waals surface area contributed by atoms with Gasteiger partial charge in [-0.2, -0.15) is 5.26 Å². The van der Waals surface area contributed by atoms with Crippen molar-refractivity contribution in [2.75, 3.05) is 18.4 Å². The molecule has 0 bridgehead atoms. The standard InChI is InChI=1S/C19H21ClN4/c1-13(24-19-7-2-14(10-21)11-23-19)17-8-9-22-12-18(17)15-3-5-16(20)6-4-15/h2-7,11,13,17-18,22H,8-9,12H2,1H3,(H,23,24)/t13?,17-,18-/m1/s1. The monoisotopic (exact) mass is 340 g/mol. The Hall–Kier alpha value is -2.09. The number of hydrogen-bond donors (Lipinski definition) is 2. The molecule has 2 heterocycles. The van der Waals surface area contributed by atoms with Gasteiger partial charge in [-0.05, 0) is 55.6 Å². The summed E-state index contributed by atoms with van der Waals surface area (Å²) < 4.78 is 0. The Kier molecular flexibility index (Phi) is 5.34. The Morgan fingerprint density at radius 1 is 1.29 bits per heavy atom. The van der Waals surface area contributed by atoms with Crippen LogP contribution in [0.5, 0.6) is 0 Å². The van der Waals surface area contributed by atoms with Gasteiger partial charge < -0.3 is 10.6 Å². The van der Waals surface area contributed by atoms with Gasteiger partial charge in [0.25, 0.3) is 0 Å². The number of nitrogens with one attached hydrogen (secondary N) is 2. The number of nitrogens with zero attached hydrogens (tertiary/aromatic N) is 2. The van der Waals surface area contributed by atoms with Gasteiger partial charge in [-0.15, -0.1) is 0 Å². The molecule has 4 nitrogen and oxygen atoms in total. The quantitative estimate of drug-likeness (QED) is 0.888. The van der Waals surface area contributed by atoms with Crippen LogP contribution < -0.4 is 10.6 Å². The molecule has 1 aromatic heterocycles. The van der Waals surface area contributed by atoms with E-state index in [2.05, 4.69) is 40.7 Å². The molecule has 5 heteroatoms. The van der Waals surface area contributed by atoms with E-state index in [9.17, 15) is 0 Å². The highest BCUT2D eigenvalue weighted by atomic mass is 35.5. The van der Waals surface area contributed by atoms with Crippen LogP contribution in [-0.2, 0) is 0 Å². The summed E-state index contributed by atoms with van der Waals surface area (Å²) in [5.41, 5.74) is 1.90. The van der Waals surface area contributed by atoms with Crippen LogP contribution in [0.4, 0.5) is 5.82 Å². The summed E-state index contributed by atoms with van der Waals surface area (Å²) in [6.07, 6.45) is 2.71. The average molecular weight is 341 g/mol. The van der Waals surface area contributed by atoms with Crippen LogP contribution in [0, 0.1) is 17.2 Å². The molecule has 0 aliphatic carbocycles. The van der Waals surface area contributed by atoms with Crippen LogP contribution in [0.2, 0.25) is 5.02 Å². The molecule has 1 aromatic carbocycles. The summed E-state index contributed by atoms with van der Waals surface area (Å²) >= 11 is 6.02. The molecule has 1 saturated heterocycles. The Morgan fingerprint density at radius 2 is 2.08 bits per heavy atom. The van der Waals surface area contributed by atoms with Crippen molar-refractivity contribution in [1.29, 1.82) is 5.26 Å². The van der Waals surface area contributed by atoms with E-state index < -0.39 is 0 Å². The van der Waals surface area contributed by atoms with Crippen molar-refractivity contribution < 1.29 is 0 Å². The van der Waals surface area contributed by atoms with Gasteiger partial charge in [0.15, 0.2) is 0 Å². The fourth-order valence-corrected chi connectivity index (χ4v) is 3.56. The van der Waals surface area contributed by atoms with Crippen LogP contribution >= 0.6 is 11.6 Å². The van der Waals surface area contributed by atoms with Crippen molar-refractivity contribution in [1.82, 2.24) is 10.3 Å². The third kappa shape index (κ3) is 3.87. The zero-order valence-electron chi connectivity index (χ0n) is 13.7. The van der Waals surface area contributed by atoms with E-state index >= 15 is 0 Å². The number of piperidine rings is 1. The molecule has 1 aliphatic heterocycles. The van der Waals surface area contributed by atoms with E-state index in [4.69, 9.17) is 16.9 Å². The first-order valence-corrected chi connectivity index (χ1v) is 8.64. The van der Waals surface area contributed by atoms with E-state index in [0.29, 0.717) is 17.4 Å². The highest BCUT2D eigenvalue weighted by Gasteiger charge is 2.30. The smallest absolute Gasteiger partial charge is 0.126 e. The number of anilines is 1. The molecule has 124 valence electrons. The molecule has 3 rings (SSSR count). The summed E-state index contributed by atoms with van der Waals surface area (Å²) in [7, 11) is 0. The molecule has 0 radical (unpaired) electrons. The van der Waals surface area contributed by atoms with E-state index in [1.165, 1.54) is 5.56 Å². The number of nitriles is 1. The van der Waals surface area contributed by atoms with Crippen LogP contribution in [0.25, 0.3) is 0 Å². The Labute approximate surface area is 147 Å². The molecule has 24 heavy (non-hydrogen) atoms. The number of benzene rings is 1. The lowest BCUT2D eigenvalue weighted by Gasteiger charge is -2.37. The lowest BCUT2D eigenvalue weighted by Crippen LogP contribution is -2.42. The van der Waals surface area contributed by atoms with E-state index in [-0.39, 0.29) is 6.04 Å². The molecule has 1 fully saturated rings. The highest BCUT2D eigenvalue weighted by Crippen LogP contribution is 2.33. The first kappa shape index (κ1) is 16.8. The summed E-state index contributed by atoms with van der Waals surface area (Å²) in [4.78, 5) is 4.33. The van der Waals surface area contributed by atoms with Crippen LogP contribution in [0.1, 0.15) is 30.4 Å². The number of rotatable bonds is 4. The summed E-state index contributed by atoms with van der Waals surface area (Å²) in [6, 6.07) is 14.2. The third-order valence-electron chi connectivity index (χ3n) is 4.74. The van der Waals surface area contributed by atoms with Gasteiger partial charge in [-0.3, -0.25) is 0 Å². The number of halogens is 1. The third-order valence-corrected chi connectivity index (χ3v) is 5.00. The van der Waals surface area contributed by atoms with Gasteiger partial charge in [-0.1, -0.05) is 23.7 Å². The van der Waals surface area contributed by atoms with Crippen LogP contribution in [-0.4, -0.2) is 24.1 Å². The van der Waals surface area contributed by atoms with Crippen molar-refractivity contribution >= 4 is 17.4 Å². The van der Waals surface area contributed by atoms with Crippen LogP contribution in [0.15, 0.2) is 42.6 Å². The Bertz CT molecular complexity index is 706. The van der Waals surface area contributed by atoms with Gasteiger partial charge in [0.2, 0.25) is 0 Å². The second kappa shape index (κ2) is 7.65. The normalized spacial score (nSPS) is 21.7. The van der Waals surface area contributed by atoms with E-state index in [1.807, 2.05) is 18.2 Å². The molecular weight excluding hydrogens is 320 g/mol. The van der Waals surface area contributed by atoms with E-state index in [0.717, 1.165) is 30.4 Å². The summed E-state index contributed by atoms with van der Waals surface area (Å²) in [6.45, 7) is 4.21. The maximum absolute atomic E-state index is 8.87. The van der Waals surface area contributed by atoms with Gasteiger partial charge >= 0.3 is 0 Å². The van der Waals surface area contributed by atoms with Crippen molar-refractivity contribution in [3.63, 3.8) is 0 Å². The highest BCUT2D eigenvalue weighted by molar-refractivity contribution is 6.30. The summed E-state index contributed by atoms with van der Waals surface area (Å²) in [5, 5.41) is 16.6. The number of aromatic nitrogens is 1. The largest absolute Gasteiger partial charge is 0.367 e. The fraction of sp³-hybridized carbons (Fsp3) is 0.368. The van der Waals surface area contributed by atoms with Crippen molar-refractivity contribution in [2.45, 2.75) is 25.3 Å². The zero-order valence-corrected chi connectivity index (χ0v) is 14.4. The van der Waals surface area contributed by atoms with Gasteiger partial charge in [0.1, 0.15) is 11.9 Å². The molecule has 2 N–H and O–H groups in total. The molecule has 0 amide bonds. The van der Waals surface area contributed by atoms with Crippen molar-refractivity contribution in [2.24, 2.45) is 5.92 Å². The maximum atomic E-state index is 8.87. The average Bonchev–Trinajstić information content (AvgIpc) is 2.63. The topological polar surface area (TPSA) is 60.7 Å². The molecular formula is C19H21ClN4. The summed E-state index contributed by atoms with van der Waals surface area (Å²) in [5.74, 6) is 1.76. The first-order chi connectivity index (χ1) is 11.7. The second-order valence-corrected chi connectivity index (χ2v) is 6.73. The first-order valence-electron chi connectivity index (χ1n) is 8.26. The molecule has 0 saturated carbocycles. The lowest BCUT2D eigenvalue weighted by molar-refractivity contribution is 0.296. The van der Waals surface area contributed by atoms with Gasteiger partial charge in [-0.25, -0.2) is 4.98 Å². The van der Waals surface area contributed by atoms with Gasteiger partial charge in [0.05, 0.1) is 5.56 Å². The Morgan fingerprint density at radius 3 is 2.75 bits per heavy atom. The molecule has 2 aromatic rings. The predicted octanol–water partition coefficient (Wildman–Crippen LogP) is 3.80. The number of pyridine rings is 1. The molecule has 1 aliphatic rings. The zero-order chi connectivity index (χ0) is 16.9. The fourth-order valence-electron chi connectivity index (χ4n) is 3.44. The predicted molar refractivity (Wildman–Crippen MR) is 97.2 cm³/mol. The second-order valence-electron chi connectivity index (χ2n) is 6.29. The molecule has 1 unspecified atom stereocenters. The molecule has 0 spiro atoms. The minimum absolute atomic E-state index is 0.285. The van der Waals surface area contributed by atoms with E-state index in [1.54, 1.807) is 12.3 Å². The lowest BCUT2D eigenvalue weighted by atomic mass is 9.77. The Balaban J connectivity index is 1.74. The van der Waals surface area contributed by atoms with Gasteiger partial charge in [0, 0.05) is 29.7 Å². The van der Waals surface area contributed by atoms with Crippen molar-refractivity contribution in [3.05, 3.63) is 58.7 Å². The molecule has 3 atom stereocenters.